The molecule has 0 unspecified atom stereocenters. The third kappa shape index (κ3) is 2.89. The van der Waals surface area contributed by atoms with Crippen molar-refractivity contribution in [3.8, 4) is 6.07 Å². The molecule has 0 aliphatic carbocycles. The Labute approximate surface area is 93.1 Å². The van der Waals surface area contributed by atoms with Crippen molar-refractivity contribution in [1.29, 1.82) is 5.26 Å². The Morgan fingerprint density at radius 2 is 2.47 bits per heavy atom. The Morgan fingerprint density at radius 1 is 1.73 bits per heavy atom. The summed E-state index contributed by atoms with van der Waals surface area (Å²) in [6.07, 6.45) is 2.00. The van der Waals surface area contributed by atoms with Crippen molar-refractivity contribution in [3.63, 3.8) is 0 Å². The van der Waals surface area contributed by atoms with Crippen LogP contribution in [0, 0.1) is 16.0 Å². The average molecular weight is 221 g/mol. The number of carbonyl (C=O) groups excluding carboxylic acids is 1. The van der Waals surface area contributed by atoms with E-state index in [4.69, 9.17) is 17.5 Å². The number of nitrogens with one attached hydrogen (secondary N) is 1. The number of carbonyl (C=O) groups is 1. The predicted molar refractivity (Wildman–Crippen MR) is 58.8 cm³/mol. The van der Waals surface area contributed by atoms with Gasteiger partial charge in [-0.2, -0.15) is 5.26 Å². The van der Waals surface area contributed by atoms with E-state index in [1.165, 1.54) is 4.90 Å². The maximum atomic E-state index is 11.8. The lowest BCUT2D eigenvalue weighted by atomic mass is 10.2. The van der Waals surface area contributed by atoms with Crippen LogP contribution in [0.4, 0.5) is 0 Å². The number of nitrogens with zero attached hydrogens (tertiary/aromatic N) is 2. The third-order valence-electron chi connectivity index (χ3n) is 1.95. The zero-order valence-corrected chi connectivity index (χ0v) is 9.17. The molecule has 1 aromatic heterocycles. The topological polar surface area (TPSA) is 59.9 Å². The minimum atomic E-state index is -0.160. The van der Waals surface area contributed by atoms with Crippen LogP contribution in [0.25, 0.3) is 0 Å². The molecule has 0 bridgehead atoms. The molecule has 1 N–H and O–H groups in total. The lowest BCUT2D eigenvalue weighted by Gasteiger charge is -2.14. The molecule has 0 aliphatic heterocycles. The van der Waals surface area contributed by atoms with E-state index in [1.807, 2.05) is 6.07 Å². The molecule has 0 aliphatic rings. The van der Waals surface area contributed by atoms with Gasteiger partial charge in [0.15, 0.2) is 0 Å². The number of hydrogen-bond donors (Lipinski definition) is 1. The summed E-state index contributed by atoms with van der Waals surface area (Å²) < 4.78 is 0.423. The van der Waals surface area contributed by atoms with Crippen LogP contribution in [0.15, 0.2) is 18.3 Å². The molecule has 0 saturated heterocycles. The van der Waals surface area contributed by atoms with Gasteiger partial charge in [-0.25, -0.2) is 0 Å². The van der Waals surface area contributed by atoms with Gasteiger partial charge in [-0.05, 0) is 12.1 Å². The smallest absolute Gasteiger partial charge is 0.256 e. The third-order valence-corrected chi connectivity index (χ3v) is 2.29. The minimum Gasteiger partial charge on any atom is -0.352 e. The summed E-state index contributed by atoms with van der Waals surface area (Å²) in [6, 6.07) is 5.39. The maximum Gasteiger partial charge on any atom is 0.256 e. The Hall–Kier alpha value is -1.67. The maximum absolute atomic E-state index is 11.8. The summed E-state index contributed by atoms with van der Waals surface area (Å²) in [5, 5.41) is 8.41. The number of pyridine rings is 1. The fourth-order valence-corrected chi connectivity index (χ4v) is 1.34. The summed E-state index contributed by atoms with van der Waals surface area (Å²) in [5.74, 6) is -0.160. The second-order valence-electron chi connectivity index (χ2n) is 3.05. The van der Waals surface area contributed by atoms with E-state index in [2.05, 4.69) is 4.98 Å². The molecule has 0 radical (unpaired) electrons. The average Bonchev–Trinajstić information content (AvgIpc) is 2.25. The summed E-state index contributed by atoms with van der Waals surface area (Å²) in [5.41, 5.74) is 0.466. The highest BCUT2D eigenvalue weighted by atomic mass is 32.1. The molecule has 5 heteroatoms. The van der Waals surface area contributed by atoms with Crippen molar-refractivity contribution >= 4 is 18.1 Å². The van der Waals surface area contributed by atoms with E-state index in [9.17, 15) is 4.79 Å². The van der Waals surface area contributed by atoms with Gasteiger partial charge in [-0.1, -0.05) is 12.2 Å². The summed E-state index contributed by atoms with van der Waals surface area (Å²) in [7, 11) is 1.65. The first kappa shape index (κ1) is 11.4. The molecule has 0 atom stereocenters. The van der Waals surface area contributed by atoms with Crippen molar-refractivity contribution in [1.82, 2.24) is 9.88 Å². The van der Waals surface area contributed by atoms with Gasteiger partial charge in [0.25, 0.3) is 5.91 Å². The van der Waals surface area contributed by atoms with Gasteiger partial charge < -0.3 is 9.88 Å². The molecule has 0 saturated carbocycles. The first-order chi connectivity index (χ1) is 7.16. The molecule has 1 rings (SSSR count). The normalized spacial score (nSPS) is 9.33. The van der Waals surface area contributed by atoms with Crippen LogP contribution in [0.2, 0.25) is 0 Å². The molecule has 4 nitrogen and oxygen atoms in total. The van der Waals surface area contributed by atoms with Gasteiger partial charge in [0, 0.05) is 19.8 Å². The van der Waals surface area contributed by atoms with Crippen molar-refractivity contribution in [2.75, 3.05) is 13.6 Å². The summed E-state index contributed by atoms with van der Waals surface area (Å²) in [6.45, 7) is 0.416. The van der Waals surface area contributed by atoms with Crippen molar-refractivity contribution in [2.45, 2.75) is 6.42 Å². The zero-order chi connectivity index (χ0) is 11.3. The van der Waals surface area contributed by atoms with Crippen LogP contribution in [-0.4, -0.2) is 29.4 Å². The largest absolute Gasteiger partial charge is 0.352 e. The van der Waals surface area contributed by atoms with Crippen LogP contribution in [0.3, 0.4) is 0 Å². The first-order valence-corrected chi connectivity index (χ1v) is 4.87. The first-order valence-electron chi connectivity index (χ1n) is 4.47. The molecule has 1 amide bonds. The molecule has 1 aromatic rings. The van der Waals surface area contributed by atoms with Crippen LogP contribution >= 0.6 is 12.2 Å². The number of amides is 1. The van der Waals surface area contributed by atoms with Crippen LogP contribution in [0.5, 0.6) is 0 Å². The molecular formula is C10H11N3OS. The van der Waals surface area contributed by atoms with Gasteiger partial charge in [-0.3, -0.25) is 4.79 Å². The Balaban J connectivity index is 2.82. The van der Waals surface area contributed by atoms with Gasteiger partial charge in [0.1, 0.15) is 4.64 Å². The van der Waals surface area contributed by atoms with Gasteiger partial charge in [0.2, 0.25) is 0 Å². The summed E-state index contributed by atoms with van der Waals surface area (Å²) >= 11 is 4.99. The van der Waals surface area contributed by atoms with Gasteiger partial charge >= 0.3 is 0 Å². The van der Waals surface area contributed by atoms with Crippen LogP contribution < -0.4 is 0 Å². The summed E-state index contributed by atoms with van der Waals surface area (Å²) in [4.78, 5) is 16.1. The monoisotopic (exact) mass is 221 g/mol. The molecule has 0 aromatic carbocycles. The Bertz CT molecular complexity index is 446. The number of hydrogen-bond acceptors (Lipinski definition) is 3. The SMILES string of the molecule is CN(CCC#N)C(=O)c1ccc[nH]c1=S. The Kier molecular flexibility index (Phi) is 4.01. The van der Waals surface area contributed by atoms with E-state index in [0.29, 0.717) is 23.2 Å². The molecule has 15 heavy (non-hydrogen) atoms. The standard InChI is InChI=1S/C10H11N3OS/c1-13(7-3-5-11)10(14)8-4-2-6-12-9(8)15/h2,4,6H,3,7H2,1H3,(H,12,15). The van der Waals surface area contributed by atoms with E-state index in [0.717, 1.165) is 0 Å². The van der Waals surface area contributed by atoms with Crippen molar-refractivity contribution < 1.29 is 4.79 Å². The van der Waals surface area contributed by atoms with Gasteiger partial charge in [-0.15, -0.1) is 0 Å². The molecular weight excluding hydrogens is 210 g/mol. The minimum absolute atomic E-state index is 0.160. The second kappa shape index (κ2) is 5.27. The molecule has 0 spiro atoms. The number of rotatable bonds is 3. The Morgan fingerprint density at radius 3 is 3.07 bits per heavy atom. The van der Waals surface area contributed by atoms with Gasteiger partial charge in [0.05, 0.1) is 18.1 Å². The van der Waals surface area contributed by atoms with E-state index in [-0.39, 0.29) is 5.91 Å². The number of aromatic nitrogens is 1. The fraction of sp³-hybridized carbons (Fsp3) is 0.300. The lowest BCUT2D eigenvalue weighted by Crippen LogP contribution is -2.27. The van der Waals surface area contributed by atoms with E-state index < -0.39 is 0 Å². The second-order valence-corrected chi connectivity index (χ2v) is 3.46. The van der Waals surface area contributed by atoms with Crippen LogP contribution in [0.1, 0.15) is 16.8 Å². The van der Waals surface area contributed by atoms with E-state index in [1.54, 1.807) is 25.4 Å². The highest BCUT2D eigenvalue weighted by Crippen LogP contribution is 2.04. The lowest BCUT2D eigenvalue weighted by molar-refractivity contribution is 0.0797. The van der Waals surface area contributed by atoms with Crippen LogP contribution in [-0.2, 0) is 0 Å². The highest BCUT2D eigenvalue weighted by molar-refractivity contribution is 7.71. The number of aromatic amines is 1. The fourth-order valence-electron chi connectivity index (χ4n) is 1.11. The predicted octanol–water partition coefficient (Wildman–Crippen LogP) is 1.73. The zero-order valence-electron chi connectivity index (χ0n) is 8.36. The number of nitriles is 1. The highest BCUT2D eigenvalue weighted by Gasteiger charge is 2.12. The van der Waals surface area contributed by atoms with Crippen molar-refractivity contribution in [2.24, 2.45) is 0 Å². The molecule has 1 heterocycles. The van der Waals surface area contributed by atoms with E-state index >= 15 is 0 Å². The molecule has 78 valence electrons. The van der Waals surface area contributed by atoms with Crippen molar-refractivity contribution in [3.05, 3.63) is 28.5 Å². The number of H-pyrrole nitrogens is 1. The quantitative estimate of drug-likeness (QED) is 0.791. The molecule has 0 fully saturated rings.